The predicted octanol–water partition coefficient (Wildman–Crippen LogP) is 4.46. The van der Waals surface area contributed by atoms with Gasteiger partial charge in [-0.25, -0.2) is 0 Å². The summed E-state index contributed by atoms with van der Waals surface area (Å²) in [5.41, 5.74) is 2.20. The van der Waals surface area contributed by atoms with Crippen molar-refractivity contribution in [1.82, 2.24) is 0 Å². The van der Waals surface area contributed by atoms with Gasteiger partial charge in [-0.15, -0.1) is 0 Å². The van der Waals surface area contributed by atoms with Gasteiger partial charge < -0.3 is 18.9 Å². The van der Waals surface area contributed by atoms with E-state index in [1.165, 1.54) is 11.1 Å². The molecule has 1 aliphatic carbocycles. The van der Waals surface area contributed by atoms with Crippen molar-refractivity contribution in [3.63, 3.8) is 0 Å². The molecule has 138 valence electrons. The third kappa shape index (κ3) is 3.56. The van der Waals surface area contributed by atoms with E-state index in [1.807, 2.05) is 20.1 Å². The predicted molar refractivity (Wildman–Crippen MR) is 95.7 cm³/mol. The van der Waals surface area contributed by atoms with Crippen LogP contribution < -0.4 is 0 Å². The molecule has 0 aromatic carbocycles. The fourth-order valence-corrected chi connectivity index (χ4v) is 4.43. The number of allylic oxidation sites excluding steroid dienone is 1. The maximum Gasteiger partial charge on any atom is 0.157 e. The van der Waals surface area contributed by atoms with Gasteiger partial charge in [-0.2, -0.15) is 0 Å². The summed E-state index contributed by atoms with van der Waals surface area (Å²) in [6.07, 6.45) is 4.85. The van der Waals surface area contributed by atoms with Gasteiger partial charge in [-0.05, 0) is 52.9 Å². The van der Waals surface area contributed by atoms with Crippen LogP contribution in [0.3, 0.4) is 0 Å². The van der Waals surface area contributed by atoms with Crippen LogP contribution >= 0.6 is 0 Å². The van der Waals surface area contributed by atoms with Crippen molar-refractivity contribution in [3.8, 4) is 0 Å². The second-order valence-corrected chi connectivity index (χ2v) is 7.41. The SMILES string of the molecule is C=C(C)[C@H]1C[C@@H]2O[C@]2(C)/C(=C\OC)[C@]1(C)CCC(OCC)OCC. The largest absolute Gasteiger partial charge is 0.504 e. The molecule has 2 rings (SSSR count). The molecule has 0 amide bonds. The van der Waals surface area contributed by atoms with E-state index in [2.05, 4.69) is 27.4 Å². The molecule has 0 N–H and O–H groups in total. The normalized spacial score (nSPS) is 36.7. The van der Waals surface area contributed by atoms with E-state index < -0.39 is 0 Å². The second-order valence-electron chi connectivity index (χ2n) is 7.41. The van der Waals surface area contributed by atoms with E-state index in [4.69, 9.17) is 18.9 Å². The van der Waals surface area contributed by atoms with Crippen molar-refractivity contribution >= 4 is 0 Å². The molecule has 2 fully saturated rings. The highest BCUT2D eigenvalue weighted by molar-refractivity contribution is 5.37. The van der Waals surface area contributed by atoms with Gasteiger partial charge in [0.2, 0.25) is 0 Å². The molecule has 4 nitrogen and oxygen atoms in total. The van der Waals surface area contributed by atoms with E-state index in [-0.39, 0.29) is 23.4 Å². The van der Waals surface area contributed by atoms with Gasteiger partial charge in [0.05, 0.1) is 19.5 Å². The highest BCUT2D eigenvalue weighted by Gasteiger charge is 2.65. The van der Waals surface area contributed by atoms with Gasteiger partial charge in [-0.1, -0.05) is 19.1 Å². The van der Waals surface area contributed by atoms with Crippen molar-refractivity contribution in [2.75, 3.05) is 20.3 Å². The summed E-state index contributed by atoms with van der Waals surface area (Å²) < 4.78 is 23.0. The van der Waals surface area contributed by atoms with Gasteiger partial charge in [0.15, 0.2) is 6.29 Å². The van der Waals surface area contributed by atoms with Crippen LogP contribution in [0.5, 0.6) is 0 Å². The third-order valence-corrected chi connectivity index (χ3v) is 5.75. The number of epoxide rings is 1. The molecule has 1 heterocycles. The minimum Gasteiger partial charge on any atom is -0.504 e. The average molecular weight is 338 g/mol. The third-order valence-electron chi connectivity index (χ3n) is 5.75. The van der Waals surface area contributed by atoms with Gasteiger partial charge in [0.1, 0.15) is 5.60 Å². The smallest absolute Gasteiger partial charge is 0.157 e. The van der Waals surface area contributed by atoms with E-state index in [0.29, 0.717) is 19.1 Å². The Labute approximate surface area is 147 Å². The number of methoxy groups -OCH3 is 1. The summed E-state index contributed by atoms with van der Waals surface area (Å²) >= 11 is 0. The molecule has 0 bridgehead atoms. The van der Waals surface area contributed by atoms with E-state index in [0.717, 1.165) is 19.3 Å². The molecule has 0 spiro atoms. The van der Waals surface area contributed by atoms with Crippen LogP contribution in [0.15, 0.2) is 24.0 Å². The van der Waals surface area contributed by atoms with Crippen LogP contribution in [0.4, 0.5) is 0 Å². The molecule has 0 aromatic rings. The van der Waals surface area contributed by atoms with E-state index in [9.17, 15) is 0 Å². The Hall–Kier alpha value is -0.840. The summed E-state index contributed by atoms with van der Waals surface area (Å²) in [6.45, 7) is 16.2. The number of hydrogen-bond donors (Lipinski definition) is 0. The zero-order valence-electron chi connectivity index (χ0n) is 16.2. The molecule has 1 saturated heterocycles. The summed E-state index contributed by atoms with van der Waals surface area (Å²) in [5.74, 6) is 0.378. The highest BCUT2D eigenvalue weighted by Crippen LogP contribution is 2.63. The first kappa shape index (κ1) is 19.5. The van der Waals surface area contributed by atoms with E-state index in [1.54, 1.807) is 7.11 Å². The summed E-state index contributed by atoms with van der Waals surface area (Å²) in [7, 11) is 1.71. The van der Waals surface area contributed by atoms with Gasteiger partial charge >= 0.3 is 0 Å². The van der Waals surface area contributed by atoms with Crippen LogP contribution in [0, 0.1) is 11.3 Å². The maximum absolute atomic E-state index is 6.06. The Morgan fingerprint density at radius 3 is 2.46 bits per heavy atom. The quantitative estimate of drug-likeness (QED) is 0.269. The fraction of sp³-hybridized carbons (Fsp3) is 0.800. The first-order valence-corrected chi connectivity index (χ1v) is 9.13. The lowest BCUT2D eigenvalue weighted by Crippen LogP contribution is -2.42. The lowest BCUT2D eigenvalue weighted by Gasteiger charge is -2.45. The van der Waals surface area contributed by atoms with Crippen molar-refractivity contribution in [3.05, 3.63) is 24.0 Å². The van der Waals surface area contributed by atoms with Crippen molar-refractivity contribution in [1.29, 1.82) is 0 Å². The number of fused-ring (bicyclic) bond motifs is 1. The second kappa shape index (κ2) is 7.59. The number of ether oxygens (including phenoxy) is 4. The Kier molecular flexibility index (Phi) is 6.16. The van der Waals surface area contributed by atoms with Crippen LogP contribution in [0.2, 0.25) is 0 Å². The topological polar surface area (TPSA) is 40.2 Å². The summed E-state index contributed by atoms with van der Waals surface area (Å²) in [4.78, 5) is 0. The zero-order chi connectivity index (χ0) is 18.0. The Balaban J connectivity index is 2.24. The average Bonchev–Trinajstić information content (AvgIpc) is 3.19. The van der Waals surface area contributed by atoms with Crippen LogP contribution in [0.25, 0.3) is 0 Å². The van der Waals surface area contributed by atoms with Gasteiger partial charge in [-0.3, -0.25) is 0 Å². The molecular weight excluding hydrogens is 304 g/mol. The van der Waals surface area contributed by atoms with Crippen LogP contribution in [-0.2, 0) is 18.9 Å². The van der Waals surface area contributed by atoms with Gasteiger partial charge in [0.25, 0.3) is 0 Å². The summed E-state index contributed by atoms with van der Waals surface area (Å²) in [5, 5.41) is 0. The van der Waals surface area contributed by atoms with Crippen molar-refractivity contribution in [2.45, 2.75) is 71.9 Å². The molecule has 1 aliphatic heterocycles. The molecule has 1 saturated carbocycles. The monoisotopic (exact) mass is 338 g/mol. The minimum absolute atomic E-state index is 0.0595. The molecular formula is C20H34O4. The van der Waals surface area contributed by atoms with E-state index >= 15 is 0 Å². The lowest BCUT2D eigenvalue weighted by atomic mass is 9.58. The van der Waals surface area contributed by atoms with Gasteiger partial charge in [0, 0.05) is 24.2 Å². The first-order chi connectivity index (χ1) is 11.3. The minimum atomic E-state index is -0.191. The number of rotatable bonds is 9. The Morgan fingerprint density at radius 2 is 1.96 bits per heavy atom. The first-order valence-electron chi connectivity index (χ1n) is 9.13. The number of hydrogen-bond acceptors (Lipinski definition) is 4. The Bertz CT molecular complexity index is 480. The fourth-order valence-electron chi connectivity index (χ4n) is 4.43. The van der Waals surface area contributed by atoms with Crippen LogP contribution in [0.1, 0.15) is 53.9 Å². The Morgan fingerprint density at radius 1 is 1.33 bits per heavy atom. The van der Waals surface area contributed by atoms with Crippen LogP contribution in [-0.4, -0.2) is 38.3 Å². The molecule has 0 aromatic heterocycles. The molecule has 0 unspecified atom stereocenters. The van der Waals surface area contributed by atoms with Crippen molar-refractivity contribution in [2.24, 2.45) is 11.3 Å². The van der Waals surface area contributed by atoms with Crippen molar-refractivity contribution < 1.29 is 18.9 Å². The molecule has 4 heteroatoms. The molecule has 24 heavy (non-hydrogen) atoms. The molecule has 0 radical (unpaired) electrons. The standard InChI is InChI=1S/C20H34O4/c1-8-22-18(23-9-2)10-11-19(5)15(14(3)4)12-17-20(6,24-17)16(19)13-21-7/h13,15,17-18H,3,8-12H2,1-2,4-7H3/b16-13-/t15-,17+,19-,20-/m1/s1. The summed E-state index contributed by atoms with van der Waals surface area (Å²) in [6, 6.07) is 0. The molecule has 2 aliphatic rings. The maximum atomic E-state index is 6.06. The highest BCUT2D eigenvalue weighted by atomic mass is 16.7. The lowest BCUT2D eigenvalue weighted by molar-refractivity contribution is -0.143. The molecule has 4 atom stereocenters. The zero-order valence-corrected chi connectivity index (χ0v) is 16.2.